The van der Waals surface area contributed by atoms with Crippen molar-refractivity contribution in [2.75, 3.05) is 0 Å². The number of hydrogen-bond donors (Lipinski definition) is 2. The van der Waals surface area contributed by atoms with Gasteiger partial charge in [0.05, 0.1) is 0 Å². The third-order valence-corrected chi connectivity index (χ3v) is 5.80. The molecule has 0 radical (unpaired) electrons. The van der Waals surface area contributed by atoms with Crippen molar-refractivity contribution < 1.29 is 39.3 Å². The van der Waals surface area contributed by atoms with Crippen LogP contribution < -0.4 is 0 Å². The molecular weight excluding hydrogens is 490 g/mol. The molecule has 5 heteroatoms. The van der Waals surface area contributed by atoms with Gasteiger partial charge in [-0.3, -0.25) is 9.59 Å². The number of unbranched alkanes of at least 4 members (excludes halogenated alkanes) is 16. The van der Waals surface area contributed by atoms with Crippen molar-refractivity contribution in [3.8, 4) is 0 Å². The van der Waals surface area contributed by atoms with Crippen LogP contribution in [0.4, 0.5) is 0 Å². The van der Waals surface area contributed by atoms with Crippen LogP contribution in [0.3, 0.4) is 0 Å². The molecule has 4 nitrogen and oxygen atoms in total. The normalized spacial score (nSPS) is 10.8. The zero-order valence-electron chi connectivity index (χ0n) is 23.3. The van der Waals surface area contributed by atoms with Crippen LogP contribution in [0, 0.1) is 0 Å². The predicted molar refractivity (Wildman–Crippen MR) is 146 cm³/mol. The number of carboxylic acids is 2. The molecule has 202 valence electrons. The van der Waals surface area contributed by atoms with Gasteiger partial charge in [0.1, 0.15) is 0 Å². The molecule has 0 aliphatic heterocycles. The molecule has 0 rings (SSSR count). The van der Waals surface area contributed by atoms with E-state index in [1.54, 1.807) is 0 Å². The fourth-order valence-corrected chi connectivity index (χ4v) is 3.61. The zero-order chi connectivity index (χ0) is 25.5. The van der Waals surface area contributed by atoms with Gasteiger partial charge in [-0.25, -0.2) is 0 Å². The quantitative estimate of drug-likeness (QED) is 0.0718. The molecule has 0 atom stereocenters. The van der Waals surface area contributed by atoms with Gasteiger partial charge in [0.2, 0.25) is 0 Å². The van der Waals surface area contributed by atoms with Gasteiger partial charge in [-0.05, 0) is 51.4 Å². The molecule has 0 heterocycles. The first kappa shape index (κ1) is 38.6. The van der Waals surface area contributed by atoms with Crippen molar-refractivity contribution in [1.82, 2.24) is 0 Å². The van der Waals surface area contributed by atoms with Crippen LogP contribution >= 0.6 is 0 Å². The minimum Gasteiger partial charge on any atom is -0.481 e. The smallest absolute Gasteiger partial charge is 0.303 e. The monoisotopic (exact) mass is 544 g/mol. The fourth-order valence-electron chi connectivity index (χ4n) is 3.61. The Labute approximate surface area is 230 Å². The average molecular weight is 546 g/mol. The molecule has 0 fully saturated rings. The van der Waals surface area contributed by atoms with E-state index in [2.05, 4.69) is 38.2 Å². The van der Waals surface area contributed by atoms with Gasteiger partial charge >= 0.3 is 11.9 Å². The third-order valence-electron chi connectivity index (χ3n) is 5.80. The summed E-state index contributed by atoms with van der Waals surface area (Å²) in [7, 11) is 0. The Kier molecular flexibility index (Phi) is 38.8. The molecule has 2 N–H and O–H groups in total. The Hall–Kier alpha value is -0.957. The van der Waals surface area contributed by atoms with E-state index in [0.29, 0.717) is 12.8 Å². The summed E-state index contributed by atoms with van der Waals surface area (Å²) in [5.41, 5.74) is 0. The van der Waals surface area contributed by atoms with Gasteiger partial charge in [0.15, 0.2) is 0 Å². The molecule has 0 saturated carbocycles. The largest absolute Gasteiger partial charge is 0.481 e. The van der Waals surface area contributed by atoms with Gasteiger partial charge in [0, 0.05) is 32.3 Å². The zero-order valence-corrected chi connectivity index (χ0v) is 26.3. The number of aliphatic carboxylic acids is 2. The van der Waals surface area contributed by atoms with Crippen LogP contribution in [0.5, 0.6) is 0 Å². The van der Waals surface area contributed by atoms with Crippen molar-refractivity contribution in [3.63, 3.8) is 0 Å². The first-order valence-electron chi connectivity index (χ1n) is 14.3. The van der Waals surface area contributed by atoms with Gasteiger partial charge < -0.3 is 10.2 Å². The van der Waals surface area contributed by atoms with Crippen LogP contribution in [-0.4, -0.2) is 22.2 Å². The van der Waals surface area contributed by atoms with Crippen LogP contribution in [0.2, 0.25) is 0 Å². The summed E-state index contributed by atoms with van der Waals surface area (Å²) < 4.78 is 0. The molecule has 0 aromatic heterocycles. The fraction of sp³-hybridized carbons (Fsp3) is 0.800. The van der Waals surface area contributed by atoms with Crippen molar-refractivity contribution in [3.05, 3.63) is 24.3 Å². The molecule has 0 saturated heterocycles. The van der Waals surface area contributed by atoms with E-state index in [1.165, 1.54) is 103 Å². The summed E-state index contributed by atoms with van der Waals surface area (Å²) >= 11 is 0. The Balaban J connectivity index is -0.000000569. The van der Waals surface area contributed by atoms with Crippen LogP contribution in [0.15, 0.2) is 24.3 Å². The Morgan fingerprint density at radius 2 is 0.714 bits per heavy atom. The average Bonchev–Trinajstić information content (AvgIpc) is 2.80. The van der Waals surface area contributed by atoms with Crippen molar-refractivity contribution >= 4 is 11.9 Å². The molecule has 0 unspecified atom stereocenters. The molecule has 0 aliphatic carbocycles. The Morgan fingerprint density at radius 1 is 0.457 bits per heavy atom. The van der Waals surface area contributed by atoms with E-state index in [1.807, 2.05) is 0 Å². The molecule has 0 aliphatic rings. The van der Waals surface area contributed by atoms with E-state index >= 15 is 0 Å². The van der Waals surface area contributed by atoms with Gasteiger partial charge in [-0.2, -0.15) is 0 Å². The Morgan fingerprint density at radius 3 is 1.00 bits per heavy atom. The SMILES string of the molecule is CCCCC=CCCCCCCCCC(=O)O.CCCCC=CCCCCCCCCC(=O)O.[Zn]. The molecule has 0 aromatic rings. The van der Waals surface area contributed by atoms with E-state index in [-0.39, 0.29) is 19.5 Å². The van der Waals surface area contributed by atoms with Crippen molar-refractivity contribution in [2.24, 2.45) is 0 Å². The number of hydrogen-bond acceptors (Lipinski definition) is 2. The van der Waals surface area contributed by atoms with Crippen molar-refractivity contribution in [1.29, 1.82) is 0 Å². The second-order valence-electron chi connectivity index (χ2n) is 9.33. The molecule has 0 amide bonds. The molecule has 0 spiro atoms. The molecular formula is C30H56O4Zn. The predicted octanol–water partition coefficient (Wildman–Crippen LogP) is 9.87. The second-order valence-corrected chi connectivity index (χ2v) is 9.33. The Bertz CT molecular complexity index is 445. The van der Waals surface area contributed by atoms with E-state index in [0.717, 1.165) is 25.7 Å². The first-order chi connectivity index (χ1) is 16.5. The summed E-state index contributed by atoms with van der Waals surface area (Å²) in [4.78, 5) is 20.5. The topological polar surface area (TPSA) is 74.6 Å². The van der Waals surface area contributed by atoms with Crippen LogP contribution in [-0.2, 0) is 29.1 Å². The summed E-state index contributed by atoms with van der Waals surface area (Å²) in [6.07, 6.45) is 33.7. The standard InChI is InChI=1S/2C15H28O2.Zn/c2*1-2-3-4-5-6-7-8-9-10-11-12-13-14-15(16)17;/h2*5-6H,2-4,7-14H2,1H3,(H,16,17);. The minimum atomic E-state index is -0.665. The van der Waals surface area contributed by atoms with Crippen LogP contribution in [0.1, 0.15) is 155 Å². The van der Waals surface area contributed by atoms with E-state index < -0.39 is 11.9 Å². The molecule has 35 heavy (non-hydrogen) atoms. The first-order valence-corrected chi connectivity index (χ1v) is 14.3. The number of rotatable bonds is 24. The molecule has 0 bridgehead atoms. The number of carboxylic acid groups (broad SMARTS) is 2. The summed E-state index contributed by atoms with van der Waals surface area (Å²) in [5, 5.41) is 16.9. The summed E-state index contributed by atoms with van der Waals surface area (Å²) in [5.74, 6) is -1.33. The maximum atomic E-state index is 10.3. The van der Waals surface area contributed by atoms with Crippen molar-refractivity contribution in [2.45, 2.75) is 155 Å². The van der Waals surface area contributed by atoms with E-state index in [9.17, 15) is 9.59 Å². The van der Waals surface area contributed by atoms with Gasteiger partial charge in [-0.15, -0.1) is 0 Å². The third kappa shape index (κ3) is 43.5. The van der Waals surface area contributed by atoms with Gasteiger partial charge in [0.25, 0.3) is 0 Å². The van der Waals surface area contributed by atoms with Crippen LogP contribution in [0.25, 0.3) is 0 Å². The van der Waals surface area contributed by atoms with E-state index in [4.69, 9.17) is 10.2 Å². The van der Waals surface area contributed by atoms with Gasteiger partial charge in [-0.1, -0.05) is 115 Å². The summed E-state index contributed by atoms with van der Waals surface area (Å²) in [6, 6.07) is 0. The molecule has 0 aromatic carbocycles. The summed E-state index contributed by atoms with van der Waals surface area (Å²) in [6.45, 7) is 4.44. The maximum absolute atomic E-state index is 10.3. The second kappa shape index (κ2) is 35.2. The maximum Gasteiger partial charge on any atom is 0.303 e. The minimum absolute atomic E-state index is 0. The number of allylic oxidation sites excluding steroid dienone is 4. The number of carbonyl (C=O) groups is 2.